The van der Waals surface area contributed by atoms with Crippen molar-refractivity contribution in [3.05, 3.63) is 53.5 Å². The Labute approximate surface area is 136 Å². The Kier molecular flexibility index (Phi) is 5.45. The third-order valence-corrected chi connectivity index (χ3v) is 6.43. The molecule has 1 aromatic heterocycles. The Bertz CT molecular complexity index is 502. The van der Waals surface area contributed by atoms with E-state index in [0.717, 1.165) is 19.3 Å². The minimum atomic E-state index is 0.345. The first kappa shape index (κ1) is 14.7. The fraction of sp³-hybridized carbons (Fsp3) is 0.231. The molecule has 0 amide bonds. The van der Waals surface area contributed by atoms with Crippen LogP contribution in [0.15, 0.2) is 43.1 Å². The van der Waals surface area contributed by atoms with Gasteiger partial charge in [0.25, 0.3) is 0 Å². The Morgan fingerprint density at radius 2 is 1.83 bits per heavy atom. The SMILES string of the molecule is CC(NCc1cc(Br)c(Br)s1)c1ccc(Br)cc1. The fourth-order valence-electron chi connectivity index (χ4n) is 1.60. The largest absolute Gasteiger partial charge is 0.305 e. The lowest BCUT2D eigenvalue weighted by molar-refractivity contribution is 0.579. The zero-order valence-corrected chi connectivity index (χ0v) is 15.3. The molecule has 18 heavy (non-hydrogen) atoms. The quantitative estimate of drug-likeness (QED) is 0.609. The summed E-state index contributed by atoms with van der Waals surface area (Å²) in [6, 6.07) is 10.9. The van der Waals surface area contributed by atoms with Gasteiger partial charge in [-0.2, -0.15) is 0 Å². The van der Waals surface area contributed by atoms with Gasteiger partial charge in [0.2, 0.25) is 0 Å². The molecule has 0 spiro atoms. The molecule has 1 unspecified atom stereocenters. The molecule has 96 valence electrons. The van der Waals surface area contributed by atoms with Gasteiger partial charge in [-0.25, -0.2) is 0 Å². The molecule has 0 fully saturated rings. The summed E-state index contributed by atoms with van der Waals surface area (Å²) in [5.74, 6) is 0. The van der Waals surface area contributed by atoms with Crippen LogP contribution >= 0.6 is 59.1 Å². The van der Waals surface area contributed by atoms with Crippen LogP contribution in [0.1, 0.15) is 23.4 Å². The van der Waals surface area contributed by atoms with Crippen molar-refractivity contribution in [2.75, 3.05) is 0 Å². The van der Waals surface area contributed by atoms with Crippen LogP contribution in [0.5, 0.6) is 0 Å². The van der Waals surface area contributed by atoms with E-state index in [0.29, 0.717) is 6.04 Å². The summed E-state index contributed by atoms with van der Waals surface area (Å²) in [6.45, 7) is 3.06. The van der Waals surface area contributed by atoms with Gasteiger partial charge < -0.3 is 5.32 Å². The zero-order valence-electron chi connectivity index (χ0n) is 9.71. The van der Waals surface area contributed by atoms with Crippen LogP contribution in [0.2, 0.25) is 0 Å². The molecule has 0 saturated carbocycles. The van der Waals surface area contributed by atoms with Crippen molar-refractivity contribution in [2.45, 2.75) is 19.5 Å². The van der Waals surface area contributed by atoms with Gasteiger partial charge in [-0.1, -0.05) is 28.1 Å². The van der Waals surface area contributed by atoms with Gasteiger partial charge in [0.15, 0.2) is 0 Å². The molecule has 0 radical (unpaired) electrons. The van der Waals surface area contributed by atoms with Crippen LogP contribution in [0.3, 0.4) is 0 Å². The monoisotopic (exact) mass is 451 g/mol. The summed E-state index contributed by atoms with van der Waals surface area (Å²) in [5.41, 5.74) is 1.30. The lowest BCUT2D eigenvalue weighted by atomic mass is 10.1. The summed E-state index contributed by atoms with van der Waals surface area (Å²) >= 11 is 12.2. The first-order valence-electron chi connectivity index (χ1n) is 5.49. The summed E-state index contributed by atoms with van der Waals surface area (Å²) in [5, 5.41) is 3.53. The molecule has 0 saturated heterocycles. The van der Waals surface area contributed by atoms with E-state index in [2.05, 4.69) is 90.4 Å². The highest BCUT2D eigenvalue weighted by atomic mass is 79.9. The van der Waals surface area contributed by atoms with Crippen molar-refractivity contribution >= 4 is 59.1 Å². The number of thiophene rings is 1. The normalized spacial score (nSPS) is 12.7. The first-order valence-corrected chi connectivity index (χ1v) is 8.68. The Balaban J connectivity index is 1.95. The minimum absolute atomic E-state index is 0.345. The Morgan fingerprint density at radius 1 is 1.17 bits per heavy atom. The zero-order chi connectivity index (χ0) is 13.1. The maximum atomic E-state index is 3.53. The molecular formula is C13H12Br3NS. The lowest BCUT2D eigenvalue weighted by Crippen LogP contribution is -2.17. The third kappa shape index (κ3) is 3.90. The second kappa shape index (κ2) is 6.66. The first-order chi connectivity index (χ1) is 8.56. The van der Waals surface area contributed by atoms with Crippen molar-refractivity contribution in [1.29, 1.82) is 0 Å². The summed E-state index contributed by atoms with van der Waals surface area (Å²) in [7, 11) is 0. The second-order valence-electron chi connectivity index (χ2n) is 3.99. The average molecular weight is 454 g/mol. The molecule has 1 nitrogen and oxygen atoms in total. The summed E-state index contributed by atoms with van der Waals surface area (Å²) in [6.07, 6.45) is 0. The molecule has 1 N–H and O–H groups in total. The van der Waals surface area contributed by atoms with Crippen LogP contribution in [0.4, 0.5) is 0 Å². The fourth-order valence-corrected chi connectivity index (χ4v) is 3.99. The second-order valence-corrected chi connectivity index (χ2v) is 8.21. The van der Waals surface area contributed by atoms with Crippen LogP contribution < -0.4 is 5.32 Å². The molecule has 0 aliphatic carbocycles. The van der Waals surface area contributed by atoms with E-state index in [1.165, 1.54) is 10.4 Å². The van der Waals surface area contributed by atoms with E-state index in [9.17, 15) is 0 Å². The number of benzene rings is 1. The van der Waals surface area contributed by atoms with Gasteiger partial charge in [-0.15, -0.1) is 11.3 Å². The lowest BCUT2D eigenvalue weighted by Gasteiger charge is -2.13. The Morgan fingerprint density at radius 3 is 2.39 bits per heavy atom. The van der Waals surface area contributed by atoms with E-state index in [4.69, 9.17) is 0 Å². The van der Waals surface area contributed by atoms with E-state index in [-0.39, 0.29) is 0 Å². The molecule has 1 aromatic carbocycles. The highest BCUT2D eigenvalue weighted by molar-refractivity contribution is 9.13. The maximum Gasteiger partial charge on any atom is 0.0843 e. The number of rotatable bonds is 4. The van der Waals surface area contributed by atoms with Crippen LogP contribution in [0, 0.1) is 0 Å². The van der Waals surface area contributed by atoms with Crippen LogP contribution in [0.25, 0.3) is 0 Å². The van der Waals surface area contributed by atoms with E-state index in [1.54, 1.807) is 11.3 Å². The maximum absolute atomic E-state index is 3.53. The molecular weight excluding hydrogens is 442 g/mol. The predicted octanol–water partition coefficient (Wildman–Crippen LogP) is 5.89. The Hall–Kier alpha value is 0.320. The van der Waals surface area contributed by atoms with E-state index < -0.39 is 0 Å². The van der Waals surface area contributed by atoms with Crippen molar-refractivity contribution in [3.8, 4) is 0 Å². The van der Waals surface area contributed by atoms with Gasteiger partial charge in [0.05, 0.1) is 3.79 Å². The van der Waals surface area contributed by atoms with Crippen molar-refractivity contribution < 1.29 is 0 Å². The number of halogens is 3. The molecule has 2 rings (SSSR count). The highest BCUT2D eigenvalue weighted by Crippen LogP contribution is 2.32. The minimum Gasteiger partial charge on any atom is -0.305 e. The number of nitrogens with one attached hydrogen (secondary N) is 1. The molecule has 5 heteroatoms. The van der Waals surface area contributed by atoms with Crippen molar-refractivity contribution in [3.63, 3.8) is 0 Å². The molecule has 0 bridgehead atoms. The highest BCUT2D eigenvalue weighted by Gasteiger charge is 2.07. The van der Waals surface area contributed by atoms with Gasteiger partial charge in [-0.05, 0) is 62.5 Å². The topological polar surface area (TPSA) is 12.0 Å². The van der Waals surface area contributed by atoms with Crippen molar-refractivity contribution in [2.24, 2.45) is 0 Å². The summed E-state index contributed by atoms with van der Waals surface area (Å²) in [4.78, 5) is 1.32. The third-order valence-electron chi connectivity index (χ3n) is 2.65. The number of hydrogen-bond donors (Lipinski definition) is 1. The molecule has 0 aliphatic rings. The summed E-state index contributed by atoms with van der Waals surface area (Å²) < 4.78 is 3.39. The predicted molar refractivity (Wildman–Crippen MR) is 89.1 cm³/mol. The smallest absolute Gasteiger partial charge is 0.0843 e. The van der Waals surface area contributed by atoms with E-state index in [1.807, 2.05) is 0 Å². The van der Waals surface area contributed by atoms with Crippen molar-refractivity contribution in [1.82, 2.24) is 5.32 Å². The molecule has 0 aliphatic heterocycles. The number of hydrogen-bond acceptors (Lipinski definition) is 2. The van der Waals surface area contributed by atoms with Gasteiger partial charge in [0.1, 0.15) is 0 Å². The van der Waals surface area contributed by atoms with Gasteiger partial charge >= 0.3 is 0 Å². The van der Waals surface area contributed by atoms with Gasteiger partial charge in [-0.3, -0.25) is 0 Å². The van der Waals surface area contributed by atoms with E-state index >= 15 is 0 Å². The molecule has 1 atom stereocenters. The average Bonchev–Trinajstić information content (AvgIpc) is 2.67. The molecule has 1 heterocycles. The van der Waals surface area contributed by atoms with Crippen LogP contribution in [-0.2, 0) is 6.54 Å². The standard InChI is InChI=1S/C13H12Br3NS/c1-8(9-2-4-10(14)5-3-9)17-7-11-6-12(15)13(16)18-11/h2-6,8,17H,7H2,1H3. The van der Waals surface area contributed by atoms with Gasteiger partial charge in [0, 0.05) is 26.4 Å². The molecule has 2 aromatic rings. The van der Waals surface area contributed by atoms with Crippen LogP contribution in [-0.4, -0.2) is 0 Å².